The number of rotatable bonds is 6. The summed E-state index contributed by atoms with van der Waals surface area (Å²) < 4.78 is 0. The van der Waals surface area contributed by atoms with E-state index in [1.807, 2.05) is 0 Å². The molecule has 4 rings (SSSR count). The fraction of sp³-hybridized carbons (Fsp3) is 0.609. The van der Waals surface area contributed by atoms with Crippen LogP contribution in [0.25, 0.3) is 0 Å². The average molecular weight is 427 g/mol. The van der Waals surface area contributed by atoms with E-state index in [1.54, 1.807) is 11.9 Å². The lowest BCUT2D eigenvalue weighted by molar-refractivity contribution is -0.127. The fourth-order valence-electron chi connectivity index (χ4n) is 4.72. The van der Waals surface area contributed by atoms with E-state index < -0.39 is 12.2 Å². The first-order chi connectivity index (χ1) is 15.0. The van der Waals surface area contributed by atoms with Gasteiger partial charge in [0.1, 0.15) is 0 Å². The van der Waals surface area contributed by atoms with Gasteiger partial charge in [0.2, 0.25) is 0 Å². The molecule has 2 fully saturated rings. The lowest BCUT2D eigenvalue weighted by atomic mass is 10.1. The van der Waals surface area contributed by atoms with Gasteiger partial charge in [0.25, 0.3) is 5.91 Å². The van der Waals surface area contributed by atoms with Crippen LogP contribution in [-0.4, -0.2) is 89.5 Å². The SMILES string of the molecule is CCCCCN1C(N2CCN(Cc3cccc(C)c3)CC2)=NC2C1C(=O)NC(=O)N2C. The number of carbonyl (C=O) groups excluding carboxylic acids is 2. The van der Waals surface area contributed by atoms with Crippen molar-refractivity contribution >= 4 is 17.9 Å². The Balaban J connectivity index is 1.45. The van der Waals surface area contributed by atoms with Gasteiger partial charge in [-0.1, -0.05) is 49.6 Å². The van der Waals surface area contributed by atoms with Gasteiger partial charge in [-0.25, -0.2) is 9.79 Å². The quantitative estimate of drug-likeness (QED) is 0.703. The number of carbonyl (C=O) groups is 2. The molecule has 3 aliphatic rings. The number of guanidine groups is 1. The molecule has 1 aromatic carbocycles. The maximum atomic E-state index is 12.7. The molecule has 2 saturated heterocycles. The van der Waals surface area contributed by atoms with Crippen molar-refractivity contribution in [1.29, 1.82) is 0 Å². The highest BCUT2D eigenvalue weighted by atomic mass is 16.2. The lowest BCUT2D eigenvalue weighted by Crippen LogP contribution is -2.64. The molecule has 3 amide bonds. The number of unbranched alkanes of at least 4 members (excludes halogenated alkanes) is 2. The van der Waals surface area contributed by atoms with E-state index in [0.29, 0.717) is 0 Å². The van der Waals surface area contributed by atoms with Gasteiger partial charge in [0.05, 0.1) is 0 Å². The van der Waals surface area contributed by atoms with Gasteiger partial charge in [-0.2, -0.15) is 0 Å². The van der Waals surface area contributed by atoms with Crippen LogP contribution in [0, 0.1) is 6.92 Å². The minimum absolute atomic E-state index is 0.235. The molecule has 0 aliphatic carbocycles. The number of aryl methyl sites for hydroxylation is 1. The summed E-state index contributed by atoms with van der Waals surface area (Å²) in [5.74, 6) is 0.638. The summed E-state index contributed by atoms with van der Waals surface area (Å²) in [7, 11) is 1.72. The highest BCUT2D eigenvalue weighted by molar-refractivity contribution is 6.03. The van der Waals surface area contributed by atoms with Crippen molar-refractivity contribution in [2.24, 2.45) is 4.99 Å². The molecule has 0 spiro atoms. The third-order valence-corrected chi connectivity index (χ3v) is 6.49. The van der Waals surface area contributed by atoms with E-state index in [4.69, 9.17) is 4.99 Å². The predicted molar refractivity (Wildman–Crippen MR) is 121 cm³/mol. The first kappa shape index (κ1) is 21.6. The Morgan fingerprint density at radius 3 is 2.61 bits per heavy atom. The molecule has 1 aromatic rings. The molecule has 0 aromatic heterocycles. The van der Waals surface area contributed by atoms with Gasteiger partial charge in [-0.15, -0.1) is 0 Å². The monoisotopic (exact) mass is 426 g/mol. The van der Waals surface area contributed by atoms with E-state index >= 15 is 0 Å². The highest BCUT2D eigenvalue weighted by Crippen LogP contribution is 2.26. The molecule has 31 heavy (non-hydrogen) atoms. The van der Waals surface area contributed by atoms with Crippen LogP contribution < -0.4 is 5.32 Å². The first-order valence-electron chi connectivity index (χ1n) is 11.4. The summed E-state index contributed by atoms with van der Waals surface area (Å²) in [5.41, 5.74) is 2.63. The Kier molecular flexibility index (Phi) is 6.46. The zero-order chi connectivity index (χ0) is 22.0. The van der Waals surface area contributed by atoms with Crippen molar-refractivity contribution in [2.45, 2.75) is 51.9 Å². The molecule has 8 heteroatoms. The number of nitrogens with zero attached hydrogens (tertiary/aromatic N) is 5. The smallest absolute Gasteiger partial charge is 0.325 e. The number of piperazine rings is 1. The molecule has 168 valence electrons. The van der Waals surface area contributed by atoms with E-state index in [-0.39, 0.29) is 11.9 Å². The number of amides is 3. The second-order valence-electron chi connectivity index (χ2n) is 8.85. The number of hydrogen-bond donors (Lipinski definition) is 1. The Morgan fingerprint density at radius 2 is 1.90 bits per heavy atom. The predicted octanol–water partition coefficient (Wildman–Crippen LogP) is 1.85. The minimum atomic E-state index is -0.441. The number of benzene rings is 1. The van der Waals surface area contributed by atoms with E-state index in [1.165, 1.54) is 11.1 Å². The average Bonchev–Trinajstić information content (AvgIpc) is 3.13. The van der Waals surface area contributed by atoms with Crippen molar-refractivity contribution in [1.82, 2.24) is 24.9 Å². The maximum absolute atomic E-state index is 12.7. The number of hydrogen-bond acceptors (Lipinski definition) is 6. The summed E-state index contributed by atoms with van der Waals surface area (Å²) in [6.07, 6.45) is 2.80. The molecular formula is C23H34N6O2. The van der Waals surface area contributed by atoms with Gasteiger partial charge in [-0.05, 0) is 18.9 Å². The number of urea groups is 1. The van der Waals surface area contributed by atoms with Crippen LogP contribution >= 0.6 is 0 Å². The Hall–Kier alpha value is -2.61. The van der Waals surface area contributed by atoms with Crippen LogP contribution in [0.1, 0.15) is 37.3 Å². The van der Waals surface area contributed by atoms with Crippen LogP contribution in [0.4, 0.5) is 4.79 Å². The van der Waals surface area contributed by atoms with Crippen LogP contribution in [0.15, 0.2) is 29.3 Å². The number of likely N-dealkylation sites (N-methyl/N-ethyl adjacent to an activating group) is 1. The second-order valence-corrected chi connectivity index (χ2v) is 8.85. The third kappa shape index (κ3) is 4.54. The number of aliphatic imine (C=N–C) groups is 1. The van der Waals surface area contributed by atoms with Crippen LogP contribution in [0.2, 0.25) is 0 Å². The van der Waals surface area contributed by atoms with Gasteiger partial charge < -0.3 is 14.7 Å². The van der Waals surface area contributed by atoms with E-state index in [2.05, 4.69) is 58.1 Å². The van der Waals surface area contributed by atoms with Gasteiger partial charge >= 0.3 is 6.03 Å². The number of imide groups is 1. The van der Waals surface area contributed by atoms with E-state index in [9.17, 15) is 9.59 Å². The zero-order valence-electron chi connectivity index (χ0n) is 18.9. The normalized spacial score (nSPS) is 24.4. The van der Waals surface area contributed by atoms with Crippen molar-refractivity contribution in [2.75, 3.05) is 39.8 Å². The summed E-state index contributed by atoms with van der Waals surface area (Å²) in [5, 5.41) is 2.49. The molecular weight excluding hydrogens is 392 g/mol. The molecule has 3 aliphatic heterocycles. The fourth-order valence-corrected chi connectivity index (χ4v) is 4.72. The lowest BCUT2D eigenvalue weighted by Gasteiger charge is -2.40. The summed E-state index contributed by atoms with van der Waals surface area (Å²) in [4.78, 5) is 38.2. The Bertz CT molecular complexity index is 848. The Morgan fingerprint density at radius 1 is 1.13 bits per heavy atom. The summed E-state index contributed by atoms with van der Waals surface area (Å²) in [6.45, 7) is 9.68. The standard InChI is InChI=1S/C23H34N6O2/c1-4-5-6-10-29-19-20(26(3)23(31)25-21(19)30)24-22(29)28-13-11-27(12-14-28)16-18-9-7-8-17(2)15-18/h7-9,15,19-20H,4-6,10-14,16H2,1-3H3,(H,25,30,31). The number of fused-ring (bicyclic) bond motifs is 1. The molecule has 0 bridgehead atoms. The molecule has 0 saturated carbocycles. The summed E-state index contributed by atoms with van der Waals surface area (Å²) in [6, 6.07) is 7.88. The zero-order valence-corrected chi connectivity index (χ0v) is 18.9. The van der Waals surface area contributed by atoms with E-state index in [0.717, 1.165) is 64.5 Å². The largest absolute Gasteiger partial charge is 0.340 e. The van der Waals surface area contributed by atoms with Gasteiger partial charge in [0, 0.05) is 46.3 Å². The molecule has 3 heterocycles. The van der Waals surface area contributed by atoms with Crippen molar-refractivity contribution in [3.63, 3.8) is 0 Å². The first-order valence-corrected chi connectivity index (χ1v) is 11.4. The van der Waals surface area contributed by atoms with Crippen molar-refractivity contribution in [3.8, 4) is 0 Å². The molecule has 1 N–H and O–H groups in total. The van der Waals surface area contributed by atoms with Crippen LogP contribution in [-0.2, 0) is 11.3 Å². The Labute approximate surface area is 184 Å². The van der Waals surface area contributed by atoms with Gasteiger partial charge in [0.15, 0.2) is 18.2 Å². The molecule has 8 nitrogen and oxygen atoms in total. The number of nitrogens with one attached hydrogen (secondary N) is 1. The minimum Gasteiger partial charge on any atom is -0.340 e. The topological polar surface area (TPSA) is 71.5 Å². The van der Waals surface area contributed by atoms with Crippen molar-refractivity contribution in [3.05, 3.63) is 35.4 Å². The van der Waals surface area contributed by atoms with Gasteiger partial charge in [-0.3, -0.25) is 15.0 Å². The van der Waals surface area contributed by atoms with Crippen LogP contribution in [0.3, 0.4) is 0 Å². The third-order valence-electron chi connectivity index (χ3n) is 6.49. The maximum Gasteiger partial charge on any atom is 0.325 e. The molecule has 2 unspecified atom stereocenters. The van der Waals surface area contributed by atoms with Crippen molar-refractivity contribution < 1.29 is 9.59 Å². The molecule has 0 radical (unpaired) electrons. The summed E-state index contributed by atoms with van der Waals surface area (Å²) >= 11 is 0. The second kappa shape index (κ2) is 9.26. The highest BCUT2D eigenvalue weighted by Gasteiger charge is 2.49. The molecule has 2 atom stereocenters. The van der Waals surface area contributed by atoms with Crippen LogP contribution in [0.5, 0.6) is 0 Å².